The van der Waals surface area contributed by atoms with Gasteiger partial charge in [0.15, 0.2) is 0 Å². The summed E-state index contributed by atoms with van der Waals surface area (Å²) in [5.74, 6) is 0. The molecule has 0 saturated carbocycles. The van der Waals surface area contributed by atoms with Gasteiger partial charge < -0.3 is 14.8 Å². The van der Waals surface area contributed by atoms with Crippen LogP contribution in [0, 0.1) is 0 Å². The van der Waals surface area contributed by atoms with Crippen molar-refractivity contribution in [3.63, 3.8) is 0 Å². The van der Waals surface area contributed by atoms with Crippen molar-refractivity contribution in [2.75, 3.05) is 33.0 Å². The van der Waals surface area contributed by atoms with E-state index in [1.165, 1.54) is 0 Å². The predicted molar refractivity (Wildman–Crippen MR) is 67.9 cm³/mol. The Morgan fingerprint density at radius 1 is 1.31 bits per heavy atom. The van der Waals surface area contributed by atoms with Crippen molar-refractivity contribution in [1.29, 1.82) is 0 Å². The highest BCUT2D eigenvalue weighted by Gasteiger charge is 1.91. The number of ether oxygens (including phenoxy) is 2. The number of nitrogens with one attached hydrogen (secondary N) is 1. The van der Waals surface area contributed by atoms with Crippen LogP contribution in [0.1, 0.15) is 13.8 Å². The van der Waals surface area contributed by atoms with Crippen molar-refractivity contribution in [2.24, 2.45) is 0 Å². The minimum atomic E-state index is -0.260. The van der Waals surface area contributed by atoms with Gasteiger partial charge in [-0.25, -0.2) is 0 Å². The first-order valence-electron chi connectivity index (χ1n) is 5.38. The average molecular weight is 247 g/mol. The van der Waals surface area contributed by atoms with E-state index >= 15 is 0 Å². The van der Waals surface area contributed by atoms with Crippen LogP contribution in [0.4, 0.5) is 0 Å². The number of thiol groups is 1. The molecular weight excluding hydrogens is 226 g/mol. The van der Waals surface area contributed by atoms with Crippen LogP contribution in [0.5, 0.6) is 0 Å². The Labute approximate surface area is 103 Å². The Hall–Kier alpha value is -0.360. The standard InChI is InChI=1S/C11H21NO3S/c1-10(2)12-5-8-14-6-3-4-7-15-9-11(13)16/h3-4,10,12H,5-9H2,1-2H3,(H,13,16)/b4-3-. The maximum Gasteiger partial charge on any atom is 0.211 e. The molecule has 0 aromatic rings. The molecule has 0 spiro atoms. The van der Waals surface area contributed by atoms with Crippen molar-refractivity contribution in [3.8, 4) is 0 Å². The first-order chi connectivity index (χ1) is 7.63. The van der Waals surface area contributed by atoms with Gasteiger partial charge in [-0.2, -0.15) is 0 Å². The summed E-state index contributed by atoms with van der Waals surface area (Å²) in [5, 5.41) is 2.99. The van der Waals surface area contributed by atoms with Crippen molar-refractivity contribution in [1.82, 2.24) is 5.32 Å². The molecule has 5 heteroatoms. The summed E-state index contributed by atoms with van der Waals surface area (Å²) < 4.78 is 10.3. The predicted octanol–water partition coefficient (Wildman–Crippen LogP) is 1.03. The van der Waals surface area contributed by atoms with Gasteiger partial charge in [0, 0.05) is 12.6 Å². The van der Waals surface area contributed by atoms with Crippen molar-refractivity contribution >= 4 is 17.7 Å². The minimum Gasteiger partial charge on any atom is -0.376 e. The lowest BCUT2D eigenvalue weighted by Gasteiger charge is -2.07. The number of carbonyl (C=O) groups is 1. The fourth-order valence-electron chi connectivity index (χ4n) is 0.922. The minimum absolute atomic E-state index is 0.0482. The van der Waals surface area contributed by atoms with Gasteiger partial charge in [0.25, 0.3) is 0 Å². The highest BCUT2D eigenvalue weighted by Crippen LogP contribution is 1.84. The van der Waals surface area contributed by atoms with Gasteiger partial charge in [-0.1, -0.05) is 26.0 Å². The van der Waals surface area contributed by atoms with Gasteiger partial charge >= 0.3 is 0 Å². The fourth-order valence-corrected chi connectivity index (χ4v) is 1.01. The van der Waals surface area contributed by atoms with Gasteiger partial charge in [0.2, 0.25) is 5.12 Å². The highest BCUT2D eigenvalue weighted by molar-refractivity contribution is 7.96. The average Bonchev–Trinajstić information content (AvgIpc) is 2.20. The summed E-state index contributed by atoms with van der Waals surface area (Å²) in [5.41, 5.74) is 0. The Bertz CT molecular complexity index is 207. The van der Waals surface area contributed by atoms with E-state index in [0.717, 1.165) is 6.54 Å². The van der Waals surface area contributed by atoms with Crippen LogP contribution in [-0.2, 0) is 14.3 Å². The van der Waals surface area contributed by atoms with E-state index in [0.29, 0.717) is 25.9 Å². The molecule has 0 rings (SSSR count). The normalized spacial score (nSPS) is 11.5. The van der Waals surface area contributed by atoms with Gasteiger partial charge in [-0.15, -0.1) is 12.6 Å². The lowest BCUT2D eigenvalue weighted by molar-refractivity contribution is -0.114. The third-order valence-corrected chi connectivity index (χ3v) is 1.75. The number of carbonyl (C=O) groups excluding carboxylic acids is 1. The van der Waals surface area contributed by atoms with E-state index < -0.39 is 0 Å². The molecule has 16 heavy (non-hydrogen) atoms. The van der Waals surface area contributed by atoms with Crippen molar-refractivity contribution in [2.45, 2.75) is 19.9 Å². The Balaban J connectivity index is 3.12. The smallest absolute Gasteiger partial charge is 0.211 e. The maximum absolute atomic E-state index is 10.4. The van der Waals surface area contributed by atoms with Crippen LogP contribution >= 0.6 is 12.6 Å². The molecule has 0 saturated heterocycles. The van der Waals surface area contributed by atoms with Crippen LogP contribution in [-0.4, -0.2) is 44.1 Å². The third kappa shape index (κ3) is 13.6. The van der Waals surface area contributed by atoms with E-state index in [4.69, 9.17) is 9.47 Å². The molecule has 0 fully saturated rings. The van der Waals surface area contributed by atoms with E-state index in [-0.39, 0.29) is 11.7 Å². The van der Waals surface area contributed by atoms with Gasteiger partial charge in [0.05, 0.1) is 19.8 Å². The van der Waals surface area contributed by atoms with E-state index in [1.54, 1.807) is 0 Å². The summed E-state index contributed by atoms with van der Waals surface area (Å²) in [6, 6.07) is 0.492. The molecule has 94 valence electrons. The second kappa shape index (κ2) is 11.1. The number of hydrogen-bond acceptors (Lipinski definition) is 4. The monoisotopic (exact) mass is 247 g/mol. The third-order valence-electron chi connectivity index (χ3n) is 1.62. The van der Waals surface area contributed by atoms with Crippen LogP contribution in [0.15, 0.2) is 12.2 Å². The van der Waals surface area contributed by atoms with E-state index in [9.17, 15) is 4.79 Å². The van der Waals surface area contributed by atoms with Crippen LogP contribution < -0.4 is 5.32 Å². The lowest BCUT2D eigenvalue weighted by atomic mass is 10.4. The topological polar surface area (TPSA) is 47.6 Å². The largest absolute Gasteiger partial charge is 0.376 e. The molecule has 1 N–H and O–H groups in total. The van der Waals surface area contributed by atoms with E-state index in [1.807, 2.05) is 12.2 Å². The Morgan fingerprint density at radius 2 is 1.94 bits per heavy atom. The number of hydrogen-bond donors (Lipinski definition) is 2. The molecule has 4 nitrogen and oxygen atoms in total. The zero-order valence-electron chi connectivity index (χ0n) is 9.94. The van der Waals surface area contributed by atoms with Crippen LogP contribution in [0.25, 0.3) is 0 Å². The molecule has 0 aliphatic heterocycles. The molecule has 0 heterocycles. The Morgan fingerprint density at radius 3 is 2.50 bits per heavy atom. The summed E-state index contributed by atoms with van der Waals surface area (Å²) in [7, 11) is 0. The molecule has 0 aromatic heterocycles. The summed E-state index contributed by atoms with van der Waals surface area (Å²) in [4.78, 5) is 10.4. The first-order valence-corrected chi connectivity index (χ1v) is 5.83. The van der Waals surface area contributed by atoms with Crippen molar-refractivity contribution in [3.05, 3.63) is 12.2 Å². The molecule has 0 aliphatic carbocycles. The van der Waals surface area contributed by atoms with Crippen molar-refractivity contribution < 1.29 is 14.3 Å². The first kappa shape index (κ1) is 15.6. The fraction of sp³-hybridized carbons (Fsp3) is 0.727. The van der Waals surface area contributed by atoms with Gasteiger partial charge in [0.1, 0.15) is 6.61 Å². The molecule has 0 amide bonds. The molecule has 0 aromatic carbocycles. The molecule has 0 unspecified atom stereocenters. The SMILES string of the molecule is CC(C)NCCOC/C=C\COCC(=O)S. The van der Waals surface area contributed by atoms with Crippen LogP contribution in [0.3, 0.4) is 0 Å². The number of rotatable bonds is 10. The summed E-state index contributed by atoms with van der Waals surface area (Å²) >= 11 is 3.58. The molecule has 0 radical (unpaired) electrons. The second-order valence-electron chi connectivity index (χ2n) is 3.56. The quantitative estimate of drug-likeness (QED) is 0.344. The maximum atomic E-state index is 10.4. The highest BCUT2D eigenvalue weighted by atomic mass is 32.1. The van der Waals surface area contributed by atoms with Crippen LogP contribution in [0.2, 0.25) is 0 Å². The molecular formula is C11H21NO3S. The zero-order valence-corrected chi connectivity index (χ0v) is 10.8. The molecule has 0 aliphatic rings. The summed E-state index contributed by atoms with van der Waals surface area (Å²) in [6.07, 6.45) is 3.70. The summed E-state index contributed by atoms with van der Waals surface area (Å²) in [6.45, 7) is 6.78. The zero-order chi connectivity index (χ0) is 12.2. The van der Waals surface area contributed by atoms with Gasteiger partial charge in [-0.05, 0) is 0 Å². The second-order valence-corrected chi connectivity index (χ2v) is 4.06. The lowest BCUT2D eigenvalue weighted by Crippen LogP contribution is -2.26. The van der Waals surface area contributed by atoms with E-state index in [2.05, 4.69) is 31.8 Å². The molecule has 0 bridgehead atoms. The Kier molecular flexibility index (Phi) is 10.9. The molecule has 0 atom stereocenters. The van der Waals surface area contributed by atoms with Gasteiger partial charge in [-0.3, -0.25) is 4.79 Å².